The van der Waals surface area contributed by atoms with E-state index in [1.807, 2.05) is 42.6 Å². The quantitative estimate of drug-likeness (QED) is 0.835. The summed E-state index contributed by atoms with van der Waals surface area (Å²) in [7, 11) is 0. The van der Waals surface area contributed by atoms with Gasteiger partial charge in [0.05, 0.1) is 17.2 Å². The van der Waals surface area contributed by atoms with Crippen LogP contribution in [0.25, 0.3) is 0 Å². The summed E-state index contributed by atoms with van der Waals surface area (Å²) in [6.45, 7) is 2.65. The van der Waals surface area contributed by atoms with E-state index < -0.39 is 0 Å². The fraction of sp³-hybridized carbons (Fsp3) is 0.167. The van der Waals surface area contributed by atoms with Crippen LogP contribution in [0.2, 0.25) is 0 Å². The molecule has 0 aliphatic rings. The van der Waals surface area contributed by atoms with Crippen molar-refractivity contribution in [3.8, 4) is 0 Å². The van der Waals surface area contributed by atoms with E-state index in [0.717, 1.165) is 16.4 Å². The molecule has 2 aromatic rings. The summed E-state index contributed by atoms with van der Waals surface area (Å²) in [6, 6.07) is 9.85. The first-order valence-electron chi connectivity index (χ1n) is 5.25. The van der Waals surface area contributed by atoms with Crippen molar-refractivity contribution in [1.29, 1.82) is 0 Å². The number of anilines is 1. The normalized spacial score (nSPS) is 9.94. The molecular formula is C12H13N3S2. The highest BCUT2D eigenvalue weighted by Crippen LogP contribution is 2.08. The number of rotatable bonds is 3. The van der Waals surface area contributed by atoms with Gasteiger partial charge in [0, 0.05) is 11.1 Å². The molecule has 0 radical (unpaired) electrons. The fourth-order valence-electron chi connectivity index (χ4n) is 1.36. The first-order valence-corrected chi connectivity index (χ1v) is 6.54. The molecule has 1 aromatic carbocycles. The predicted octanol–water partition coefficient (Wildman–Crippen LogP) is 2.94. The van der Waals surface area contributed by atoms with Crippen LogP contribution in [0.4, 0.5) is 5.69 Å². The fourth-order valence-corrected chi connectivity index (χ4v) is 2.16. The van der Waals surface area contributed by atoms with Crippen molar-refractivity contribution >= 4 is 34.4 Å². The van der Waals surface area contributed by atoms with E-state index in [4.69, 9.17) is 12.2 Å². The van der Waals surface area contributed by atoms with E-state index in [1.54, 1.807) is 11.3 Å². The van der Waals surface area contributed by atoms with Crippen LogP contribution in [0, 0.1) is 6.92 Å². The molecule has 0 spiro atoms. The van der Waals surface area contributed by atoms with Gasteiger partial charge in [-0.05, 0) is 31.3 Å². The summed E-state index contributed by atoms with van der Waals surface area (Å²) in [5.74, 6) is 0. The predicted molar refractivity (Wildman–Crippen MR) is 76.4 cm³/mol. The lowest BCUT2D eigenvalue weighted by atomic mass is 10.3. The largest absolute Gasteiger partial charge is 0.357 e. The standard InChI is InChI=1S/C12H13N3S2/c1-9-14-11(8-17-9)7-13-12(16)15-10-5-3-2-4-6-10/h2-6,8H,7H2,1H3,(H2,13,15,16). The minimum atomic E-state index is 0.613. The number of hydrogen-bond acceptors (Lipinski definition) is 3. The third kappa shape index (κ3) is 3.80. The van der Waals surface area contributed by atoms with Crippen molar-refractivity contribution in [3.63, 3.8) is 0 Å². The lowest BCUT2D eigenvalue weighted by Crippen LogP contribution is -2.27. The van der Waals surface area contributed by atoms with Gasteiger partial charge in [-0.3, -0.25) is 0 Å². The molecule has 0 unspecified atom stereocenters. The maximum atomic E-state index is 5.20. The lowest BCUT2D eigenvalue weighted by molar-refractivity contribution is 0.888. The maximum absolute atomic E-state index is 5.20. The molecule has 2 N–H and O–H groups in total. The lowest BCUT2D eigenvalue weighted by Gasteiger charge is -2.08. The van der Waals surface area contributed by atoms with Crippen LogP contribution in [-0.2, 0) is 6.54 Å². The maximum Gasteiger partial charge on any atom is 0.171 e. The van der Waals surface area contributed by atoms with Crippen LogP contribution in [0.1, 0.15) is 10.7 Å². The Labute approximate surface area is 110 Å². The number of aromatic nitrogens is 1. The Hall–Kier alpha value is -1.46. The van der Waals surface area contributed by atoms with Gasteiger partial charge in [-0.2, -0.15) is 0 Å². The van der Waals surface area contributed by atoms with Gasteiger partial charge in [0.15, 0.2) is 5.11 Å². The van der Waals surface area contributed by atoms with Crippen LogP contribution in [0.5, 0.6) is 0 Å². The van der Waals surface area contributed by atoms with E-state index in [1.165, 1.54) is 0 Å². The number of benzene rings is 1. The van der Waals surface area contributed by atoms with E-state index in [9.17, 15) is 0 Å². The van der Waals surface area contributed by atoms with Crippen molar-refractivity contribution in [2.75, 3.05) is 5.32 Å². The van der Waals surface area contributed by atoms with Crippen LogP contribution < -0.4 is 10.6 Å². The van der Waals surface area contributed by atoms with Crippen LogP contribution in [-0.4, -0.2) is 10.1 Å². The molecule has 0 atom stereocenters. The summed E-state index contributed by atoms with van der Waals surface area (Å²) in [5.41, 5.74) is 2.00. The Bertz CT molecular complexity index is 493. The minimum Gasteiger partial charge on any atom is -0.357 e. The van der Waals surface area contributed by atoms with Crippen molar-refractivity contribution in [3.05, 3.63) is 46.4 Å². The van der Waals surface area contributed by atoms with Crippen molar-refractivity contribution in [2.24, 2.45) is 0 Å². The minimum absolute atomic E-state index is 0.613. The first kappa shape index (κ1) is 12.0. The number of nitrogens with one attached hydrogen (secondary N) is 2. The SMILES string of the molecule is Cc1nc(CNC(=S)Nc2ccccc2)cs1. The van der Waals surface area contributed by atoms with Gasteiger partial charge in [-0.1, -0.05) is 18.2 Å². The average Bonchev–Trinajstić information content (AvgIpc) is 2.74. The van der Waals surface area contributed by atoms with Gasteiger partial charge in [0.25, 0.3) is 0 Å². The zero-order valence-electron chi connectivity index (χ0n) is 9.43. The molecule has 0 aliphatic heterocycles. The number of aryl methyl sites for hydroxylation is 1. The van der Waals surface area contributed by atoms with Gasteiger partial charge in [-0.25, -0.2) is 4.98 Å². The first-order chi connectivity index (χ1) is 8.24. The monoisotopic (exact) mass is 263 g/mol. The molecule has 1 aromatic heterocycles. The van der Waals surface area contributed by atoms with E-state index in [0.29, 0.717) is 11.7 Å². The summed E-state index contributed by atoms with van der Waals surface area (Å²) in [4.78, 5) is 4.36. The van der Waals surface area contributed by atoms with Gasteiger partial charge in [0.2, 0.25) is 0 Å². The second kappa shape index (κ2) is 5.75. The van der Waals surface area contributed by atoms with E-state index >= 15 is 0 Å². The topological polar surface area (TPSA) is 37.0 Å². The third-order valence-electron chi connectivity index (χ3n) is 2.13. The molecule has 0 saturated carbocycles. The highest BCUT2D eigenvalue weighted by atomic mass is 32.1. The highest BCUT2D eigenvalue weighted by Gasteiger charge is 2.00. The number of thiazole rings is 1. The summed E-state index contributed by atoms with van der Waals surface area (Å²) >= 11 is 6.84. The molecule has 0 fully saturated rings. The Kier molecular flexibility index (Phi) is 4.06. The number of para-hydroxylation sites is 1. The van der Waals surface area contributed by atoms with Gasteiger partial charge in [0.1, 0.15) is 0 Å². The Balaban J connectivity index is 1.82. The van der Waals surface area contributed by atoms with Crippen LogP contribution >= 0.6 is 23.6 Å². The molecule has 0 aliphatic carbocycles. The Morgan fingerprint density at radius 3 is 2.76 bits per heavy atom. The zero-order chi connectivity index (χ0) is 12.1. The number of hydrogen-bond donors (Lipinski definition) is 2. The zero-order valence-corrected chi connectivity index (χ0v) is 11.1. The molecule has 0 bridgehead atoms. The molecule has 5 heteroatoms. The van der Waals surface area contributed by atoms with Crippen LogP contribution in [0.15, 0.2) is 35.7 Å². The van der Waals surface area contributed by atoms with Crippen molar-refractivity contribution in [2.45, 2.75) is 13.5 Å². The third-order valence-corrected chi connectivity index (χ3v) is 3.20. The second-order valence-corrected chi connectivity index (χ2v) is 5.00. The Morgan fingerprint density at radius 2 is 2.12 bits per heavy atom. The van der Waals surface area contributed by atoms with E-state index in [2.05, 4.69) is 15.6 Å². The van der Waals surface area contributed by atoms with Gasteiger partial charge < -0.3 is 10.6 Å². The highest BCUT2D eigenvalue weighted by molar-refractivity contribution is 7.80. The molecule has 3 nitrogen and oxygen atoms in total. The Morgan fingerprint density at radius 1 is 1.35 bits per heavy atom. The number of thiocarbonyl (C=S) groups is 1. The summed E-state index contributed by atoms with van der Waals surface area (Å²) in [5, 5.41) is 9.96. The summed E-state index contributed by atoms with van der Waals surface area (Å²) in [6.07, 6.45) is 0. The molecule has 0 saturated heterocycles. The summed E-state index contributed by atoms with van der Waals surface area (Å²) < 4.78 is 0. The second-order valence-electron chi connectivity index (χ2n) is 3.53. The van der Waals surface area contributed by atoms with Gasteiger partial charge >= 0.3 is 0 Å². The number of nitrogens with zero attached hydrogens (tertiary/aromatic N) is 1. The van der Waals surface area contributed by atoms with Crippen LogP contribution in [0.3, 0.4) is 0 Å². The molecule has 88 valence electrons. The smallest absolute Gasteiger partial charge is 0.171 e. The average molecular weight is 263 g/mol. The molecule has 2 rings (SSSR count). The molecule has 17 heavy (non-hydrogen) atoms. The molecule has 1 heterocycles. The van der Waals surface area contributed by atoms with Gasteiger partial charge in [-0.15, -0.1) is 11.3 Å². The molecular weight excluding hydrogens is 250 g/mol. The van der Waals surface area contributed by atoms with Crippen molar-refractivity contribution < 1.29 is 0 Å². The van der Waals surface area contributed by atoms with Crippen molar-refractivity contribution in [1.82, 2.24) is 10.3 Å². The van der Waals surface area contributed by atoms with E-state index in [-0.39, 0.29) is 0 Å². The molecule has 0 amide bonds.